The van der Waals surface area contributed by atoms with Gasteiger partial charge in [0, 0.05) is 12.4 Å². The second kappa shape index (κ2) is 5.24. The summed E-state index contributed by atoms with van der Waals surface area (Å²) < 4.78 is 25.7. The average Bonchev–Trinajstić information content (AvgIpc) is 2.65. The molecular formula is C13H16N2O4S. The van der Waals surface area contributed by atoms with Crippen LogP contribution in [-0.2, 0) is 27.4 Å². The van der Waals surface area contributed by atoms with Crippen molar-refractivity contribution < 1.29 is 18.3 Å². The third-order valence-electron chi connectivity index (χ3n) is 3.12. The lowest BCUT2D eigenvalue weighted by Crippen LogP contribution is -2.22. The maximum atomic E-state index is 12.1. The number of aryl methyl sites for hydroxylation is 1. The molecule has 0 aliphatic carbocycles. The van der Waals surface area contributed by atoms with Crippen molar-refractivity contribution in [2.24, 2.45) is 13.0 Å². The number of carboxylic acids is 1. The van der Waals surface area contributed by atoms with Crippen LogP contribution >= 0.6 is 0 Å². The average molecular weight is 296 g/mol. The van der Waals surface area contributed by atoms with Gasteiger partial charge in [-0.3, -0.25) is 9.48 Å². The summed E-state index contributed by atoms with van der Waals surface area (Å²) >= 11 is 0. The van der Waals surface area contributed by atoms with E-state index in [2.05, 4.69) is 5.10 Å². The van der Waals surface area contributed by atoms with E-state index in [4.69, 9.17) is 5.11 Å². The Labute approximate surface area is 116 Å². The van der Waals surface area contributed by atoms with Gasteiger partial charge in [0.25, 0.3) is 0 Å². The van der Waals surface area contributed by atoms with Gasteiger partial charge in [-0.2, -0.15) is 5.10 Å². The highest BCUT2D eigenvalue weighted by Crippen LogP contribution is 2.20. The zero-order chi connectivity index (χ0) is 14.9. The van der Waals surface area contributed by atoms with Gasteiger partial charge in [-0.15, -0.1) is 0 Å². The zero-order valence-corrected chi connectivity index (χ0v) is 12.1. The van der Waals surface area contributed by atoms with Crippen LogP contribution < -0.4 is 0 Å². The predicted molar refractivity (Wildman–Crippen MR) is 75.0 cm³/mol. The molecule has 108 valence electrons. The van der Waals surface area contributed by atoms with Crippen LogP contribution in [-0.4, -0.2) is 35.0 Å². The van der Waals surface area contributed by atoms with Crippen LogP contribution in [0.4, 0.5) is 0 Å². The zero-order valence-electron chi connectivity index (χ0n) is 11.3. The van der Waals surface area contributed by atoms with E-state index in [9.17, 15) is 13.2 Å². The molecule has 6 nitrogen and oxygen atoms in total. The molecule has 1 aromatic heterocycles. The van der Waals surface area contributed by atoms with Crippen LogP contribution in [0.1, 0.15) is 12.6 Å². The highest BCUT2D eigenvalue weighted by atomic mass is 32.2. The first-order chi connectivity index (χ1) is 9.30. The Morgan fingerprint density at radius 3 is 2.70 bits per heavy atom. The topological polar surface area (TPSA) is 89.3 Å². The van der Waals surface area contributed by atoms with Gasteiger partial charge in [-0.05, 0) is 6.07 Å². The lowest BCUT2D eigenvalue weighted by atomic mass is 10.2. The minimum atomic E-state index is -3.51. The van der Waals surface area contributed by atoms with Crippen LogP contribution in [0.2, 0.25) is 0 Å². The minimum absolute atomic E-state index is 0.244. The Kier molecular flexibility index (Phi) is 3.80. The fraction of sp³-hybridized carbons (Fsp3) is 0.385. The monoisotopic (exact) mass is 296 g/mol. The summed E-state index contributed by atoms with van der Waals surface area (Å²) in [5.74, 6) is -2.66. The molecule has 0 fully saturated rings. The van der Waals surface area contributed by atoms with Crippen molar-refractivity contribution in [2.75, 3.05) is 5.75 Å². The van der Waals surface area contributed by atoms with Crippen LogP contribution in [0.15, 0.2) is 24.3 Å². The third-order valence-corrected chi connectivity index (χ3v) is 4.84. The molecule has 1 heterocycles. The van der Waals surface area contributed by atoms with Crippen LogP contribution in [0, 0.1) is 5.92 Å². The second-order valence-electron chi connectivity index (χ2n) is 4.88. The number of carboxylic acid groups (broad SMARTS) is 1. The molecule has 0 saturated heterocycles. The van der Waals surface area contributed by atoms with Gasteiger partial charge < -0.3 is 5.11 Å². The molecule has 0 amide bonds. The molecule has 1 N–H and O–H groups in total. The van der Waals surface area contributed by atoms with Gasteiger partial charge >= 0.3 is 5.97 Å². The first-order valence-corrected chi connectivity index (χ1v) is 7.96. The lowest BCUT2D eigenvalue weighted by Gasteiger charge is -2.06. The number of carbonyl (C=O) groups is 1. The summed E-state index contributed by atoms with van der Waals surface area (Å²) in [5, 5.41) is 13.8. The van der Waals surface area contributed by atoms with Crippen LogP contribution in [0.5, 0.6) is 0 Å². The number of fused-ring (bicyclic) bond motifs is 1. The van der Waals surface area contributed by atoms with E-state index in [-0.39, 0.29) is 11.5 Å². The third kappa shape index (κ3) is 2.98. The van der Waals surface area contributed by atoms with Gasteiger partial charge in [-0.1, -0.05) is 25.1 Å². The summed E-state index contributed by atoms with van der Waals surface area (Å²) in [6, 6.07) is 7.35. The molecule has 0 spiro atoms. The largest absolute Gasteiger partial charge is 0.481 e. The van der Waals surface area contributed by atoms with Crippen molar-refractivity contribution in [3.05, 3.63) is 30.0 Å². The molecule has 2 aromatic rings. The van der Waals surface area contributed by atoms with Crippen LogP contribution in [0.3, 0.4) is 0 Å². The molecule has 1 atom stereocenters. The normalized spacial score (nSPS) is 13.5. The highest BCUT2D eigenvalue weighted by Gasteiger charge is 2.23. The smallest absolute Gasteiger partial charge is 0.307 e. The van der Waals surface area contributed by atoms with E-state index >= 15 is 0 Å². The molecule has 7 heteroatoms. The summed E-state index contributed by atoms with van der Waals surface area (Å²) in [4.78, 5) is 10.8. The number of nitrogens with zero attached hydrogens (tertiary/aromatic N) is 2. The molecule has 1 unspecified atom stereocenters. The number of aromatic nitrogens is 2. The standard InChI is InChI=1S/C13H16N2O4S/c1-9(13(16)17)7-20(18,19)8-11-10-5-3-4-6-12(10)15(2)14-11/h3-6,9H,7-8H2,1-2H3,(H,16,17). The molecule has 2 rings (SSSR count). The van der Waals surface area contributed by atoms with E-state index in [1.807, 2.05) is 24.3 Å². The molecule has 0 saturated carbocycles. The fourth-order valence-electron chi connectivity index (χ4n) is 2.11. The Morgan fingerprint density at radius 1 is 1.40 bits per heavy atom. The summed E-state index contributed by atoms with van der Waals surface area (Å²) in [6.07, 6.45) is 0. The number of aliphatic carboxylic acids is 1. The Bertz CT molecular complexity index is 749. The van der Waals surface area contributed by atoms with E-state index in [0.717, 1.165) is 10.9 Å². The SMILES string of the molecule is CC(CS(=O)(=O)Cc1nn(C)c2ccccc12)C(=O)O. The van der Waals surface area contributed by atoms with Crippen molar-refractivity contribution in [1.29, 1.82) is 0 Å². The van der Waals surface area contributed by atoms with E-state index in [0.29, 0.717) is 5.69 Å². The van der Waals surface area contributed by atoms with Gasteiger partial charge in [-0.25, -0.2) is 8.42 Å². The van der Waals surface area contributed by atoms with E-state index < -0.39 is 21.7 Å². The minimum Gasteiger partial charge on any atom is -0.481 e. The summed E-state index contributed by atoms with van der Waals surface area (Å²) in [7, 11) is -1.77. The maximum Gasteiger partial charge on any atom is 0.307 e. The maximum absolute atomic E-state index is 12.1. The van der Waals surface area contributed by atoms with Crippen molar-refractivity contribution in [2.45, 2.75) is 12.7 Å². The van der Waals surface area contributed by atoms with E-state index in [1.165, 1.54) is 6.92 Å². The summed E-state index contributed by atoms with van der Waals surface area (Å²) in [5.41, 5.74) is 1.31. The van der Waals surface area contributed by atoms with Gasteiger partial charge in [0.2, 0.25) is 0 Å². The first-order valence-electron chi connectivity index (χ1n) is 6.14. The molecule has 0 bridgehead atoms. The molecule has 0 aliphatic heterocycles. The number of para-hydroxylation sites is 1. The molecule has 0 aliphatic rings. The number of benzene rings is 1. The van der Waals surface area contributed by atoms with Gasteiger partial charge in [0.1, 0.15) is 0 Å². The highest BCUT2D eigenvalue weighted by molar-refractivity contribution is 7.90. The van der Waals surface area contributed by atoms with Gasteiger partial charge in [0.15, 0.2) is 9.84 Å². The van der Waals surface area contributed by atoms with Crippen molar-refractivity contribution in [1.82, 2.24) is 9.78 Å². The first kappa shape index (κ1) is 14.5. The quantitative estimate of drug-likeness (QED) is 0.895. The van der Waals surface area contributed by atoms with E-state index in [1.54, 1.807) is 11.7 Å². The molecule has 20 heavy (non-hydrogen) atoms. The fourth-order valence-corrected chi connectivity index (χ4v) is 3.77. The number of hydrogen-bond acceptors (Lipinski definition) is 4. The lowest BCUT2D eigenvalue weighted by molar-refractivity contribution is -0.140. The molecule has 1 aromatic carbocycles. The second-order valence-corrected chi connectivity index (χ2v) is 6.99. The number of rotatable bonds is 5. The Morgan fingerprint density at radius 2 is 2.05 bits per heavy atom. The number of hydrogen-bond donors (Lipinski definition) is 1. The van der Waals surface area contributed by atoms with Crippen molar-refractivity contribution in [3.8, 4) is 0 Å². The number of sulfone groups is 1. The Balaban J connectivity index is 2.30. The predicted octanol–water partition coefficient (Wildman–Crippen LogP) is 1.21. The summed E-state index contributed by atoms with van der Waals surface area (Å²) in [6.45, 7) is 1.39. The Hall–Kier alpha value is -1.89. The molecular weight excluding hydrogens is 280 g/mol. The van der Waals surface area contributed by atoms with Gasteiger partial charge in [0.05, 0.1) is 28.6 Å². The van der Waals surface area contributed by atoms with Crippen molar-refractivity contribution >= 4 is 26.7 Å². The van der Waals surface area contributed by atoms with Crippen LogP contribution in [0.25, 0.3) is 10.9 Å². The molecule has 0 radical (unpaired) electrons. The van der Waals surface area contributed by atoms with Crippen molar-refractivity contribution in [3.63, 3.8) is 0 Å².